The van der Waals surface area contributed by atoms with Crippen LogP contribution in [0.1, 0.15) is 0 Å². The Labute approximate surface area is 55.5 Å². The van der Waals surface area contributed by atoms with Crippen LogP contribution in [-0.4, -0.2) is 16.3 Å². The number of hydroxylamine groups is 1. The fourth-order valence-electron chi connectivity index (χ4n) is 0.720. The summed E-state index contributed by atoms with van der Waals surface area (Å²) in [7, 11) is 0. The monoisotopic (exact) mass is 141 g/mol. The highest BCUT2D eigenvalue weighted by atomic mass is 32.2. The Morgan fingerprint density at radius 1 is 1.78 bits per heavy atom. The van der Waals surface area contributed by atoms with Gasteiger partial charge < -0.3 is 5.21 Å². The van der Waals surface area contributed by atoms with E-state index >= 15 is 0 Å². The van der Waals surface area contributed by atoms with E-state index in [1.54, 1.807) is 17.2 Å². The molecule has 0 atom stereocenters. The summed E-state index contributed by atoms with van der Waals surface area (Å²) in [6.45, 7) is 0. The second-order valence-electron chi connectivity index (χ2n) is 1.72. The zero-order chi connectivity index (χ0) is 6.27. The molecule has 0 aliphatic carbocycles. The van der Waals surface area contributed by atoms with Gasteiger partial charge in [-0.1, -0.05) is 0 Å². The minimum absolute atomic E-state index is 0.551. The van der Waals surface area contributed by atoms with Crippen LogP contribution in [0, 0.1) is 5.21 Å². The molecule has 2 aliphatic rings. The van der Waals surface area contributed by atoms with E-state index in [2.05, 4.69) is 10.3 Å². The van der Waals surface area contributed by atoms with E-state index < -0.39 is 0 Å². The topological polar surface area (TPSA) is 50.8 Å². The van der Waals surface area contributed by atoms with Gasteiger partial charge in [0.1, 0.15) is 5.22 Å². The number of fused-ring (bicyclic) bond motifs is 1. The van der Waals surface area contributed by atoms with Gasteiger partial charge in [0.25, 0.3) is 0 Å². The van der Waals surface area contributed by atoms with E-state index in [-0.39, 0.29) is 0 Å². The van der Waals surface area contributed by atoms with Crippen LogP contribution >= 0.6 is 11.8 Å². The number of hydrogen-bond donors (Lipinski definition) is 0. The first-order chi connectivity index (χ1) is 4.38. The molecule has 0 aromatic carbocycles. The predicted molar refractivity (Wildman–Crippen MR) is 34.0 cm³/mol. The normalized spacial score (nSPS) is 22.9. The fourth-order valence-corrected chi connectivity index (χ4v) is 1.55. The Bertz CT molecular complexity index is 242. The van der Waals surface area contributed by atoms with Crippen molar-refractivity contribution in [3.05, 3.63) is 16.3 Å². The Kier molecular flexibility index (Phi) is 0.869. The molecule has 0 fully saturated rings. The van der Waals surface area contributed by atoms with E-state index in [1.807, 2.05) is 0 Å². The van der Waals surface area contributed by atoms with Crippen LogP contribution < -0.4 is 0 Å². The van der Waals surface area contributed by atoms with Crippen LogP contribution in [0.15, 0.2) is 21.4 Å². The molecule has 0 saturated heterocycles. The van der Waals surface area contributed by atoms with Gasteiger partial charge in [-0.15, -0.1) is 16.6 Å². The summed E-state index contributed by atoms with van der Waals surface area (Å²) in [6, 6.07) is 0. The van der Waals surface area contributed by atoms with Crippen LogP contribution in [0.3, 0.4) is 0 Å². The molecule has 46 valence electrons. The molecule has 5 heteroatoms. The molecule has 0 amide bonds. The van der Waals surface area contributed by atoms with Crippen LogP contribution in [0.2, 0.25) is 0 Å². The van der Waals surface area contributed by atoms with Crippen LogP contribution in [-0.2, 0) is 0 Å². The van der Waals surface area contributed by atoms with Crippen molar-refractivity contribution in [1.82, 2.24) is 0 Å². The third kappa shape index (κ3) is 0.578. The third-order valence-electron chi connectivity index (χ3n) is 1.16. The molecular weight excluding hydrogens is 138 g/mol. The van der Waals surface area contributed by atoms with E-state index in [9.17, 15) is 5.21 Å². The third-order valence-corrected chi connectivity index (χ3v) is 1.99. The Balaban J connectivity index is 2.46. The molecule has 0 unspecified atom stereocenters. The van der Waals surface area contributed by atoms with Crippen molar-refractivity contribution < 1.29 is 4.86 Å². The van der Waals surface area contributed by atoms with Crippen LogP contribution in [0.5, 0.6) is 0 Å². The summed E-state index contributed by atoms with van der Waals surface area (Å²) in [4.78, 5) is 0.551. The predicted octanol–water partition coefficient (Wildman–Crippen LogP) is 0.907. The average molecular weight is 141 g/mol. The smallest absolute Gasteiger partial charge is 0.240 e. The van der Waals surface area contributed by atoms with Crippen molar-refractivity contribution in [3.63, 3.8) is 0 Å². The Morgan fingerprint density at radius 2 is 2.67 bits per heavy atom. The standard InChI is InChI=1S/C4H3N3OS/c8-7-4-2-9-1-3(4)5-6-7/h2H,1H2. The van der Waals surface area contributed by atoms with Gasteiger partial charge in [0.05, 0.1) is 10.9 Å². The van der Waals surface area contributed by atoms with Gasteiger partial charge in [0.2, 0.25) is 11.4 Å². The van der Waals surface area contributed by atoms with Crippen molar-refractivity contribution in [3.8, 4) is 0 Å². The largest absolute Gasteiger partial charge is 0.691 e. The molecular formula is C4H3N3OS. The van der Waals surface area contributed by atoms with Gasteiger partial charge in [-0.2, -0.15) is 0 Å². The number of nitrogens with zero attached hydrogens (tertiary/aromatic N) is 3. The lowest BCUT2D eigenvalue weighted by Gasteiger charge is -1.94. The second kappa shape index (κ2) is 1.57. The Hall–Kier alpha value is -0.840. The fraction of sp³-hybridized carbons (Fsp3) is 0.250. The van der Waals surface area contributed by atoms with Gasteiger partial charge >= 0.3 is 0 Å². The van der Waals surface area contributed by atoms with Crippen molar-refractivity contribution in [2.75, 3.05) is 5.75 Å². The first-order valence-electron chi connectivity index (χ1n) is 2.45. The van der Waals surface area contributed by atoms with E-state index in [0.29, 0.717) is 10.6 Å². The minimum Gasteiger partial charge on any atom is -0.691 e. The molecule has 2 heterocycles. The highest BCUT2D eigenvalue weighted by Crippen LogP contribution is 2.23. The quantitative estimate of drug-likeness (QED) is 0.372. The van der Waals surface area contributed by atoms with Crippen molar-refractivity contribution in [2.24, 2.45) is 10.3 Å². The van der Waals surface area contributed by atoms with Gasteiger partial charge in [-0.3, -0.25) is 0 Å². The van der Waals surface area contributed by atoms with Crippen molar-refractivity contribution in [1.29, 1.82) is 0 Å². The summed E-state index contributed by atoms with van der Waals surface area (Å²) in [5.41, 5.74) is 1.41. The lowest BCUT2D eigenvalue weighted by atomic mass is 10.3. The zero-order valence-corrected chi connectivity index (χ0v) is 5.26. The molecule has 0 aromatic heterocycles. The van der Waals surface area contributed by atoms with Gasteiger partial charge in [0, 0.05) is 5.41 Å². The van der Waals surface area contributed by atoms with Crippen LogP contribution in [0.4, 0.5) is 0 Å². The number of hydrogen-bond acceptors (Lipinski definition) is 4. The SMILES string of the molecule is [O-][N+]1=NN=C2CSC=C21. The van der Waals surface area contributed by atoms with E-state index in [4.69, 9.17) is 0 Å². The lowest BCUT2D eigenvalue weighted by Crippen LogP contribution is -2.02. The number of thioether (sulfide) groups is 1. The average Bonchev–Trinajstić information content (AvgIpc) is 2.35. The molecule has 9 heavy (non-hydrogen) atoms. The summed E-state index contributed by atoms with van der Waals surface area (Å²) in [6.07, 6.45) is 0. The Morgan fingerprint density at radius 3 is 3.44 bits per heavy atom. The molecule has 0 aromatic rings. The molecule has 0 spiro atoms. The molecule has 0 bridgehead atoms. The van der Waals surface area contributed by atoms with Gasteiger partial charge in [-0.25, -0.2) is 0 Å². The van der Waals surface area contributed by atoms with Crippen molar-refractivity contribution >= 4 is 17.5 Å². The molecule has 0 radical (unpaired) electrons. The lowest BCUT2D eigenvalue weighted by molar-refractivity contribution is -0.464. The van der Waals surface area contributed by atoms with Gasteiger partial charge in [0.15, 0.2) is 0 Å². The minimum atomic E-state index is 0.551. The number of allylic oxidation sites excluding steroid dienone is 1. The number of rotatable bonds is 0. The van der Waals surface area contributed by atoms with Gasteiger partial charge in [-0.05, 0) is 0 Å². The van der Waals surface area contributed by atoms with Crippen LogP contribution in [0.25, 0.3) is 0 Å². The molecule has 0 saturated carbocycles. The highest BCUT2D eigenvalue weighted by Gasteiger charge is 2.28. The maximum absolute atomic E-state index is 10.6. The molecule has 2 rings (SSSR count). The van der Waals surface area contributed by atoms with Crippen molar-refractivity contribution in [2.45, 2.75) is 0 Å². The first-order valence-corrected chi connectivity index (χ1v) is 3.50. The summed E-state index contributed by atoms with van der Waals surface area (Å²) >= 11 is 1.58. The zero-order valence-electron chi connectivity index (χ0n) is 4.44. The summed E-state index contributed by atoms with van der Waals surface area (Å²) < 4.78 is 0. The second-order valence-corrected chi connectivity index (χ2v) is 2.58. The molecule has 2 aliphatic heterocycles. The van der Waals surface area contributed by atoms with E-state index in [0.717, 1.165) is 11.5 Å². The summed E-state index contributed by atoms with van der Waals surface area (Å²) in [5.74, 6) is 0.789. The molecule has 4 nitrogen and oxygen atoms in total. The first kappa shape index (κ1) is 4.99. The van der Waals surface area contributed by atoms with E-state index in [1.165, 1.54) is 0 Å². The highest BCUT2D eigenvalue weighted by molar-refractivity contribution is 8.03. The summed E-state index contributed by atoms with van der Waals surface area (Å²) in [5, 5.41) is 19.3. The maximum atomic E-state index is 10.6. The maximum Gasteiger partial charge on any atom is 0.240 e. The molecule has 0 N–H and O–H groups in total.